The van der Waals surface area contributed by atoms with Gasteiger partial charge in [-0.15, -0.1) is 0 Å². The Kier molecular flexibility index (Phi) is 7.47. The number of fused-ring (bicyclic) bond motifs is 2. The lowest BCUT2D eigenvalue weighted by molar-refractivity contribution is -0.143. The number of aromatic amines is 1. The van der Waals surface area contributed by atoms with E-state index in [-0.39, 0.29) is 28.4 Å². The lowest BCUT2D eigenvalue weighted by Crippen LogP contribution is -2.36. The number of alkyl carbamates (subject to hydrolysis) is 1. The third-order valence-corrected chi connectivity index (χ3v) is 9.23. The van der Waals surface area contributed by atoms with E-state index in [9.17, 15) is 18.0 Å². The smallest absolute Gasteiger partial charge is 0.434 e. The van der Waals surface area contributed by atoms with Gasteiger partial charge in [0.1, 0.15) is 17.5 Å². The van der Waals surface area contributed by atoms with E-state index in [2.05, 4.69) is 45.1 Å². The highest BCUT2D eigenvalue weighted by Crippen LogP contribution is 2.62. The summed E-state index contributed by atoms with van der Waals surface area (Å²) in [5.74, 6) is 1.62. The molecule has 0 bridgehead atoms. The van der Waals surface area contributed by atoms with Gasteiger partial charge in [-0.25, -0.2) is 24.7 Å². The summed E-state index contributed by atoms with van der Waals surface area (Å²) in [7, 11) is 0. The van der Waals surface area contributed by atoms with Crippen LogP contribution in [-0.4, -0.2) is 60.6 Å². The summed E-state index contributed by atoms with van der Waals surface area (Å²) in [6, 6.07) is 14.0. The molecule has 2 aliphatic rings. The van der Waals surface area contributed by atoms with Crippen LogP contribution in [0.2, 0.25) is 0 Å². The number of nitrogens with one attached hydrogen (secondary N) is 2. The molecule has 3 unspecified atom stereocenters. The van der Waals surface area contributed by atoms with Crippen LogP contribution in [0.15, 0.2) is 83.2 Å². The maximum absolute atomic E-state index is 13.4. The number of amides is 1. The molecule has 1 saturated carbocycles. The SMILES string of the molecule is O=C(NCC1(c2ncccn2)C2CCN(c3nc4nc(Sc5cccnc5C(F)(F)F)cnc4[nH]3)CC21)OCc1ccccc1. The van der Waals surface area contributed by atoms with E-state index in [0.717, 1.165) is 29.9 Å². The van der Waals surface area contributed by atoms with Crippen molar-refractivity contribution >= 4 is 35.1 Å². The van der Waals surface area contributed by atoms with Gasteiger partial charge in [0.05, 0.1) is 11.6 Å². The molecule has 5 aromatic rings. The lowest BCUT2D eigenvalue weighted by atomic mass is 10.00. The van der Waals surface area contributed by atoms with E-state index >= 15 is 0 Å². The Bertz CT molecular complexity index is 1830. The normalized spacial score (nSPS) is 20.9. The second-order valence-electron chi connectivity index (χ2n) is 10.9. The van der Waals surface area contributed by atoms with Crippen LogP contribution in [0.1, 0.15) is 23.5 Å². The number of imidazole rings is 1. The Morgan fingerprint density at radius 2 is 1.82 bits per heavy atom. The first-order chi connectivity index (χ1) is 21.8. The van der Waals surface area contributed by atoms with Crippen LogP contribution in [-0.2, 0) is 22.9 Å². The third kappa shape index (κ3) is 5.75. The number of pyridine rings is 1. The molecular weight excluding hydrogens is 607 g/mol. The zero-order valence-electron chi connectivity index (χ0n) is 23.6. The van der Waals surface area contributed by atoms with Gasteiger partial charge < -0.3 is 19.9 Å². The van der Waals surface area contributed by atoms with Crippen LogP contribution in [0.4, 0.5) is 23.9 Å². The molecule has 1 aliphatic carbocycles. The van der Waals surface area contributed by atoms with Gasteiger partial charge in [-0.05, 0) is 42.0 Å². The summed E-state index contributed by atoms with van der Waals surface area (Å²) < 4.78 is 45.7. The molecule has 4 aromatic heterocycles. The molecular formula is C30H26F3N9O2S. The molecule has 45 heavy (non-hydrogen) atoms. The highest BCUT2D eigenvalue weighted by Gasteiger charge is 2.68. The van der Waals surface area contributed by atoms with E-state index in [4.69, 9.17) is 4.74 Å². The fraction of sp³-hybridized carbons (Fsp3) is 0.300. The summed E-state index contributed by atoms with van der Waals surface area (Å²) >= 11 is 0.833. The number of carbonyl (C=O) groups is 1. The summed E-state index contributed by atoms with van der Waals surface area (Å²) in [5, 5.41) is 3.21. The average Bonchev–Trinajstić information content (AvgIpc) is 3.50. The minimum atomic E-state index is -4.59. The van der Waals surface area contributed by atoms with Crippen molar-refractivity contribution in [3.63, 3.8) is 0 Å². The Hall–Kier alpha value is -4.79. The first-order valence-electron chi connectivity index (χ1n) is 14.2. The Balaban J connectivity index is 1.06. The number of benzene rings is 1. The standard InChI is InChI=1S/C30H26F3N9O2S/c31-30(32,33)23-21(8-4-10-34-23)45-22-14-37-24-25(39-22)41-27(40-24)42-13-9-19-20(15-42)29(19,26-35-11-5-12-36-26)17-38-28(43)44-16-18-6-2-1-3-7-18/h1-8,10-12,14,19-20H,9,13,15-17H2,(H,38,43)(H,37,39,40,41). The van der Waals surface area contributed by atoms with Gasteiger partial charge in [0.2, 0.25) is 5.95 Å². The maximum Gasteiger partial charge on any atom is 0.434 e. The van der Waals surface area contributed by atoms with E-state index in [1.165, 1.54) is 18.3 Å². The zero-order valence-corrected chi connectivity index (χ0v) is 24.4. The molecule has 1 amide bonds. The summed E-state index contributed by atoms with van der Waals surface area (Å²) in [5.41, 5.74) is 0.180. The number of carbonyl (C=O) groups excluding carboxylic acids is 1. The summed E-state index contributed by atoms with van der Waals surface area (Å²) in [6.45, 7) is 1.80. The quantitative estimate of drug-likeness (QED) is 0.240. The molecule has 2 fully saturated rings. The van der Waals surface area contributed by atoms with Gasteiger partial charge >= 0.3 is 12.3 Å². The Morgan fingerprint density at radius 1 is 1.02 bits per heavy atom. The van der Waals surface area contributed by atoms with Gasteiger partial charge in [0, 0.05) is 43.1 Å². The van der Waals surface area contributed by atoms with Crippen molar-refractivity contribution in [2.45, 2.75) is 34.5 Å². The fourth-order valence-electron chi connectivity index (χ4n) is 6.14. The topological polar surface area (TPSA) is 135 Å². The van der Waals surface area contributed by atoms with Crippen LogP contribution in [0.5, 0.6) is 0 Å². The minimum Gasteiger partial charge on any atom is -0.445 e. The molecule has 1 saturated heterocycles. The molecule has 3 atom stereocenters. The van der Waals surface area contributed by atoms with Gasteiger partial charge in [-0.1, -0.05) is 42.1 Å². The Labute approximate surface area is 259 Å². The van der Waals surface area contributed by atoms with Crippen molar-refractivity contribution in [2.75, 3.05) is 24.5 Å². The number of aromatic nitrogens is 7. The van der Waals surface area contributed by atoms with Crippen LogP contribution < -0.4 is 10.2 Å². The molecule has 1 aromatic carbocycles. The van der Waals surface area contributed by atoms with E-state index in [1.807, 2.05) is 30.3 Å². The van der Waals surface area contributed by atoms with Crippen LogP contribution >= 0.6 is 11.8 Å². The predicted octanol–water partition coefficient (Wildman–Crippen LogP) is 5.03. The number of ether oxygens (including phenoxy) is 1. The molecule has 7 rings (SSSR count). The molecule has 0 spiro atoms. The van der Waals surface area contributed by atoms with E-state index in [1.54, 1.807) is 18.5 Å². The van der Waals surface area contributed by atoms with Gasteiger partial charge in [0.25, 0.3) is 0 Å². The van der Waals surface area contributed by atoms with Crippen molar-refractivity contribution in [1.29, 1.82) is 0 Å². The third-order valence-electron chi connectivity index (χ3n) is 8.27. The van der Waals surface area contributed by atoms with Gasteiger partial charge in [-0.2, -0.15) is 18.2 Å². The molecule has 2 N–H and O–H groups in total. The number of rotatable bonds is 8. The van der Waals surface area contributed by atoms with Crippen LogP contribution in [0.3, 0.4) is 0 Å². The first-order valence-corrected chi connectivity index (χ1v) is 15.0. The molecule has 11 nitrogen and oxygen atoms in total. The molecule has 5 heterocycles. The Morgan fingerprint density at radius 3 is 2.62 bits per heavy atom. The lowest BCUT2D eigenvalue weighted by Gasteiger charge is -2.25. The number of alkyl halides is 3. The van der Waals surface area contributed by atoms with Crippen molar-refractivity contribution in [3.8, 4) is 0 Å². The molecule has 1 aliphatic heterocycles. The number of nitrogens with zero attached hydrogens (tertiary/aromatic N) is 7. The fourth-order valence-corrected chi connectivity index (χ4v) is 7.01. The highest BCUT2D eigenvalue weighted by molar-refractivity contribution is 7.99. The molecule has 0 radical (unpaired) electrons. The maximum atomic E-state index is 13.4. The number of anilines is 1. The number of piperidine rings is 1. The van der Waals surface area contributed by atoms with Crippen LogP contribution in [0.25, 0.3) is 11.3 Å². The predicted molar refractivity (Wildman–Crippen MR) is 157 cm³/mol. The highest BCUT2D eigenvalue weighted by atomic mass is 32.2. The molecule has 230 valence electrons. The first kappa shape index (κ1) is 29.0. The van der Waals surface area contributed by atoms with Gasteiger partial charge in [0.15, 0.2) is 17.0 Å². The summed E-state index contributed by atoms with van der Waals surface area (Å²) in [4.78, 5) is 44.0. The van der Waals surface area contributed by atoms with E-state index < -0.39 is 23.4 Å². The summed E-state index contributed by atoms with van der Waals surface area (Å²) in [6.07, 6.45) is 1.64. The number of hydrogen-bond acceptors (Lipinski definition) is 10. The zero-order chi connectivity index (χ0) is 31.0. The van der Waals surface area contributed by atoms with Crippen molar-refractivity contribution in [1.82, 2.24) is 40.2 Å². The van der Waals surface area contributed by atoms with Crippen molar-refractivity contribution in [2.24, 2.45) is 11.8 Å². The van der Waals surface area contributed by atoms with Crippen molar-refractivity contribution in [3.05, 3.63) is 90.4 Å². The molecule has 15 heteroatoms. The average molecular weight is 634 g/mol. The monoisotopic (exact) mass is 633 g/mol. The van der Waals surface area contributed by atoms with Gasteiger partial charge in [-0.3, -0.25) is 4.98 Å². The van der Waals surface area contributed by atoms with Crippen LogP contribution in [0, 0.1) is 11.8 Å². The van der Waals surface area contributed by atoms with E-state index in [0.29, 0.717) is 42.7 Å². The second-order valence-corrected chi connectivity index (χ2v) is 11.9. The minimum absolute atomic E-state index is 0.0674. The van der Waals surface area contributed by atoms with Crippen molar-refractivity contribution < 1.29 is 22.7 Å². The number of hydrogen-bond donors (Lipinski definition) is 2. The second kappa shape index (κ2) is 11.6. The number of H-pyrrole nitrogens is 1. The number of halogens is 3. The largest absolute Gasteiger partial charge is 0.445 e.